The molecule has 0 saturated heterocycles. The van der Waals surface area contributed by atoms with E-state index in [-0.39, 0.29) is 5.82 Å². The molecule has 0 aliphatic rings. The predicted molar refractivity (Wildman–Crippen MR) is 123 cm³/mol. The van der Waals surface area contributed by atoms with E-state index in [2.05, 4.69) is 5.32 Å². The van der Waals surface area contributed by atoms with Crippen LogP contribution in [0.5, 0.6) is 5.75 Å². The van der Waals surface area contributed by atoms with Crippen LogP contribution in [-0.4, -0.2) is 24.9 Å². The first kappa shape index (κ1) is 23.3. The molecule has 0 saturated carbocycles. The fraction of sp³-hybridized carbons (Fsp3) is 0.269. The van der Waals surface area contributed by atoms with E-state index in [1.54, 1.807) is 51.1 Å². The summed E-state index contributed by atoms with van der Waals surface area (Å²) in [7, 11) is 0. The number of benzene rings is 3. The van der Waals surface area contributed by atoms with Gasteiger partial charge in [-0.3, -0.25) is 5.32 Å². The summed E-state index contributed by atoms with van der Waals surface area (Å²) >= 11 is 0. The van der Waals surface area contributed by atoms with Gasteiger partial charge in [0.15, 0.2) is 0 Å². The fourth-order valence-corrected chi connectivity index (χ4v) is 2.98. The van der Waals surface area contributed by atoms with E-state index in [0.29, 0.717) is 31.3 Å². The molecule has 6 heteroatoms. The summed E-state index contributed by atoms with van der Waals surface area (Å²) in [5.74, 6) is 0.281. The molecule has 0 aliphatic heterocycles. The number of amides is 1. The third-order valence-corrected chi connectivity index (χ3v) is 4.38. The summed E-state index contributed by atoms with van der Waals surface area (Å²) in [6.07, 6.45) is -0.550. The van der Waals surface area contributed by atoms with Crippen LogP contribution in [0.15, 0.2) is 72.8 Å². The molecule has 0 aliphatic carbocycles. The van der Waals surface area contributed by atoms with Crippen LogP contribution in [0.2, 0.25) is 0 Å². The summed E-state index contributed by atoms with van der Waals surface area (Å²) in [5.41, 5.74) is 2.52. The number of carbonyl (C=O) groups excluding carboxylic acids is 1. The zero-order chi connectivity index (χ0) is 23.0. The van der Waals surface area contributed by atoms with E-state index in [4.69, 9.17) is 14.2 Å². The molecule has 1 amide bonds. The van der Waals surface area contributed by atoms with E-state index in [9.17, 15) is 9.18 Å². The van der Waals surface area contributed by atoms with Crippen molar-refractivity contribution < 1.29 is 23.4 Å². The van der Waals surface area contributed by atoms with Crippen LogP contribution in [0.3, 0.4) is 0 Å². The Morgan fingerprint density at radius 2 is 1.66 bits per heavy atom. The first-order chi connectivity index (χ1) is 15.3. The van der Waals surface area contributed by atoms with Crippen LogP contribution in [0, 0.1) is 5.82 Å². The lowest BCUT2D eigenvalue weighted by Crippen LogP contribution is -2.27. The molecule has 3 aromatic rings. The molecule has 0 heterocycles. The number of anilines is 1. The molecule has 0 aromatic heterocycles. The number of nitrogens with one attached hydrogen (secondary N) is 1. The van der Waals surface area contributed by atoms with Crippen molar-refractivity contribution in [2.24, 2.45) is 0 Å². The normalized spacial score (nSPS) is 11.1. The van der Waals surface area contributed by atoms with Crippen molar-refractivity contribution in [2.75, 3.05) is 18.5 Å². The highest BCUT2D eigenvalue weighted by Gasteiger charge is 2.17. The second-order valence-electron chi connectivity index (χ2n) is 8.23. The zero-order valence-electron chi connectivity index (χ0n) is 18.6. The van der Waals surface area contributed by atoms with E-state index in [1.807, 2.05) is 30.3 Å². The van der Waals surface area contributed by atoms with Crippen LogP contribution in [0.1, 0.15) is 26.3 Å². The lowest BCUT2D eigenvalue weighted by molar-refractivity contribution is 0.0636. The molecule has 1 N–H and O–H groups in total. The second kappa shape index (κ2) is 10.8. The lowest BCUT2D eigenvalue weighted by Gasteiger charge is -2.20. The van der Waals surface area contributed by atoms with Gasteiger partial charge in [-0.15, -0.1) is 0 Å². The Kier molecular flexibility index (Phi) is 7.84. The van der Waals surface area contributed by atoms with Gasteiger partial charge < -0.3 is 14.2 Å². The summed E-state index contributed by atoms with van der Waals surface area (Å²) in [4.78, 5) is 12.1. The van der Waals surface area contributed by atoms with Crippen molar-refractivity contribution in [1.82, 2.24) is 0 Å². The van der Waals surface area contributed by atoms with Gasteiger partial charge in [-0.2, -0.15) is 0 Å². The quantitative estimate of drug-likeness (QED) is 0.412. The highest BCUT2D eigenvalue weighted by atomic mass is 19.1. The number of carbonyl (C=O) groups is 1. The number of hydrogen-bond acceptors (Lipinski definition) is 4. The molecule has 5 nitrogen and oxygen atoms in total. The maximum absolute atomic E-state index is 13.4. The van der Waals surface area contributed by atoms with Crippen LogP contribution in [0.4, 0.5) is 14.9 Å². The third-order valence-electron chi connectivity index (χ3n) is 4.38. The van der Waals surface area contributed by atoms with Crippen molar-refractivity contribution in [3.05, 3.63) is 84.2 Å². The molecule has 168 valence electrons. The van der Waals surface area contributed by atoms with Crippen LogP contribution >= 0.6 is 0 Å². The highest BCUT2D eigenvalue weighted by molar-refractivity contribution is 5.87. The molecule has 0 spiro atoms. The van der Waals surface area contributed by atoms with E-state index in [0.717, 1.165) is 16.7 Å². The van der Waals surface area contributed by atoms with Crippen molar-refractivity contribution in [3.8, 4) is 16.9 Å². The topological polar surface area (TPSA) is 56.8 Å². The van der Waals surface area contributed by atoms with Crippen molar-refractivity contribution in [1.29, 1.82) is 0 Å². The summed E-state index contributed by atoms with van der Waals surface area (Å²) in [5, 5.41) is 2.73. The molecule has 3 aromatic carbocycles. The van der Waals surface area contributed by atoms with Crippen molar-refractivity contribution in [3.63, 3.8) is 0 Å². The average molecular weight is 438 g/mol. The minimum atomic E-state index is -0.604. The van der Waals surface area contributed by atoms with Crippen LogP contribution < -0.4 is 10.1 Å². The molecule has 32 heavy (non-hydrogen) atoms. The van der Waals surface area contributed by atoms with Gasteiger partial charge in [0.05, 0.1) is 13.2 Å². The summed E-state index contributed by atoms with van der Waals surface area (Å²) in [6.45, 7) is 6.66. The van der Waals surface area contributed by atoms with E-state index < -0.39 is 11.7 Å². The Balaban J connectivity index is 1.68. The second-order valence-corrected chi connectivity index (χ2v) is 8.23. The van der Waals surface area contributed by atoms with Crippen molar-refractivity contribution >= 4 is 11.8 Å². The molecule has 0 radical (unpaired) electrons. The molecule has 0 unspecified atom stereocenters. The molecule has 3 rings (SSSR count). The zero-order valence-corrected chi connectivity index (χ0v) is 18.6. The summed E-state index contributed by atoms with van der Waals surface area (Å²) in [6, 6.07) is 21.3. The highest BCUT2D eigenvalue weighted by Crippen LogP contribution is 2.33. The number of halogens is 1. The SMILES string of the molecule is CC(C)(C)OC(=O)Nc1ccc(OCCOCc2ccccc2)c(-c2ccc(F)cc2)c1. The monoisotopic (exact) mass is 437 g/mol. The number of ether oxygens (including phenoxy) is 3. The Morgan fingerprint density at radius 1 is 0.938 bits per heavy atom. The largest absolute Gasteiger partial charge is 0.491 e. The lowest BCUT2D eigenvalue weighted by atomic mass is 10.0. The first-order valence-electron chi connectivity index (χ1n) is 10.4. The van der Waals surface area contributed by atoms with E-state index >= 15 is 0 Å². The van der Waals surface area contributed by atoms with Crippen LogP contribution in [0.25, 0.3) is 11.1 Å². The molecule has 0 atom stereocenters. The van der Waals surface area contributed by atoms with Gasteiger partial charge in [0.1, 0.15) is 23.8 Å². The van der Waals surface area contributed by atoms with Gasteiger partial charge in [-0.05, 0) is 62.2 Å². The maximum Gasteiger partial charge on any atom is 0.412 e. The van der Waals surface area contributed by atoms with Gasteiger partial charge in [0.25, 0.3) is 0 Å². The Bertz CT molecular complexity index is 1010. The van der Waals surface area contributed by atoms with Gasteiger partial charge in [0, 0.05) is 11.3 Å². The molecule has 0 bridgehead atoms. The maximum atomic E-state index is 13.4. The van der Waals surface area contributed by atoms with E-state index in [1.165, 1.54) is 12.1 Å². The number of hydrogen-bond donors (Lipinski definition) is 1. The smallest absolute Gasteiger partial charge is 0.412 e. The first-order valence-corrected chi connectivity index (χ1v) is 10.4. The Morgan fingerprint density at radius 3 is 2.34 bits per heavy atom. The standard InChI is InChI=1S/C26H28FNO4/c1-26(2,3)32-25(29)28-22-13-14-24(23(17-22)20-9-11-21(27)12-10-20)31-16-15-30-18-19-7-5-4-6-8-19/h4-14,17H,15-16,18H2,1-3H3,(H,28,29). The van der Waals surface area contributed by atoms with Gasteiger partial charge in [-0.25, -0.2) is 9.18 Å². The van der Waals surface area contributed by atoms with Crippen molar-refractivity contribution in [2.45, 2.75) is 33.0 Å². The molecular formula is C26H28FNO4. The van der Waals surface area contributed by atoms with Crippen LogP contribution in [-0.2, 0) is 16.1 Å². The number of rotatable bonds is 8. The van der Waals surface area contributed by atoms with Gasteiger partial charge in [-0.1, -0.05) is 42.5 Å². The minimum absolute atomic E-state index is 0.325. The van der Waals surface area contributed by atoms with Gasteiger partial charge in [0.2, 0.25) is 0 Å². The fourth-order valence-electron chi connectivity index (χ4n) is 2.98. The Hall–Kier alpha value is -3.38. The summed E-state index contributed by atoms with van der Waals surface area (Å²) < 4.78 is 30.3. The molecular weight excluding hydrogens is 409 g/mol. The average Bonchev–Trinajstić information content (AvgIpc) is 2.74. The van der Waals surface area contributed by atoms with Gasteiger partial charge >= 0.3 is 6.09 Å². The minimum Gasteiger partial charge on any atom is -0.491 e. The predicted octanol–water partition coefficient (Wildman–Crippen LogP) is 6.44. The molecule has 0 fully saturated rings. The Labute approximate surface area is 188 Å². The third kappa shape index (κ3) is 7.39.